The van der Waals surface area contributed by atoms with Gasteiger partial charge in [-0.2, -0.15) is 0 Å². The third-order valence-electron chi connectivity index (χ3n) is 5.82. The van der Waals surface area contributed by atoms with E-state index < -0.39 is 0 Å². The van der Waals surface area contributed by atoms with Crippen LogP contribution in [0.2, 0.25) is 0 Å². The summed E-state index contributed by atoms with van der Waals surface area (Å²) in [5.41, 5.74) is 5.33. The molecule has 1 aliphatic carbocycles. The van der Waals surface area contributed by atoms with Crippen LogP contribution in [-0.4, -0.2) is 5.60 Å². The SMILES string of the molecule is C=C1CC[C@@H]2C[C@H]1[C@@H](c1ccc(C)cc1)O[C@]2(C)CC=C(C)C. The van der Waals surface area contributed by atoms with Gasteiger partial charge in [0.2, 0.25) is 0 Å². The zero-order valence-electron chi connectivity index (χ0n) is 15.1. The Morgan fingerprint density at radius 1 is 1.30 bits per heavy atom. The first-order valence-electron chi connectivity index (χ1n) is 8.94. The van der Waals surface area contributed by atoms with Crippen LogP contribution in [0.25, 0.3) is 0 Å². The van der Waals surface area contributed by atoms with Gasteiger partial charge in [-0.15, -0.1) is 0 Å². The van der Waals surface area contributed by atoms with Gasteiger partial charge in [-0.1, -0.05) is 53.6 Å². The highest BCUT2D eigenvalue weighted by molar-refractivity contribution is 5.28. The molecular weight excluding hydrogens is 280 g/mol. The zero-order chi connectivity index (χ0) is 16.6. The van der Waals surface area contributed by atoms with Gasteiger partial charge in [0.15, 0.2) is 0 Å². The predicted octanol–water partition coefficient (Wildman–Crippen LogP) is 6.15. The smallest absolute Gasteiger partial charge is 0.0897 e. The van der Waals surface area contributed by atoms with Gasteiger partial charge in [0.25, 0.3) is 0 Å². The highest BCUT2D eigenvalue weighted by Crippen LogP contribution is 2.53. The first kappa shape index (κ1) is 16.5. The van der Waals surface area contributed by atoms with E-state index in [1.165, 1.54) is 35.1 Å². The number of benzene rings is 1. The molecule has 2 fully saturated rings. The average Bonchev–Trinajstić information content (AvgIpc) is 2.52. The molecular formula is C22H30O. The van der Waals surface area contributed by atoms with E-state index in [9.17, 15) is 0 Å². The Balaban J connectivity index is 1.92. The molecule has 0 spiro atoms. The van der Waals surface area contributed by atoms with Crippen molar-refractivity contribution >= 4 is 0 Å². The number of hydrogen-bond acceptors (Lipinski definition) is 1. The van der Waals surface area contributed by atoms with E-state index >= 15 is 0 Å². The number of ether oxygens (including phenoxy) is 1. The molecule has 1 aliphatic heterocycles. The minimum absolute atomic E-state index is 0.0516. The minimum Gasteiger partial charge on any atom is -0.366 e. The molecule has 1 heterocycles. The van der Waals surface area contributed by atoms with E-state index in [1.54, 1.807) is 0 Å². The second-order valence-electron chi connectivity index (χ2n) is 7.98. The van der Waals surface area contributed by atoms with Gasteiger partial charge in [0.1, 0.15) is 0 Å². The molecule has 2 aliphatic rings. The van der Waals surface area contributed by atoms with Gasteiger partial charge >= 0.3 is 0 Å². The fourth-order valence-electron chi connectivity index (χ4n) is 4.17. The number of fused-ring (bicyclic) bond motifs is 2. The number of hydrogen-bond donors (Lipinski definition) is 0. The molecule has 0 N–H and O–H groups in total. The number of allylic oxidation sites excluding steroid dienone is 1. The molecule has 23 heavy (non-hydrogen) atoms. The van der Waals surface area contributed by atoms with Crippen LogP contribution in [0.3, 0.4) is 0 Å². The summed E-state index contributed by atoms with van der Waals surface area (Å²) in [4.78, 5) is 0. The highest BCUT2D eigenvalue weighted by atomic mass is 16.5. The van der Waals surface area contributed by atoms with Crippen molar-refractivity contribution in [2.75, 3.05) is 0 Å². The van der Waals surface area contributed by atoms with Crippen molar-refractivity contribution in [2.45, 2.75) is 65.1 Å². The van der Waals surface area contributed by atoms with E-state index in [1.807, 2.05) is 0 Å². The monoisotopic (exact) mass is 310 g/mol. The molecule has 1 saturated carbocycles. The summed E-state index contributed by atoms with van der Waals surface area (Å²) >= 11 is 0. The maximum Gasteiger partial charge on any atom is 0.0897 e. The van der Waals surface area contributed by atoms with Crippen molar-refractivity contribution < 1.29 is 4.74 Å². The summed E-state index contributed by atoms with van der Waals surface area (Å²) in [6.45, 7) is 13.2. The van der Waals surface area contributed by atoms with Crippen molar-refractivity contribution in [3.63, 3.8) is 0 Å². The van der Waals surface area contributed by atoms with Crippen LogP contribution in [0.4, 0.5) is 0 Å². The molecule has 0 radical (unpaired) electrons. The topological polar surface area (TPSA) is 9.23 Å². The Morgan fingerprint density at radius 3 is 2.65 bits per heavy atom. The Labute approximate surface area is 141 Å². The van der Waals surface area contributed by atoms with Gasteiger partial charge in [0, 0.05) is 5.92 Å². The fourth-order valence-corrected chi connectivity index (χ4v) is 4.17. The lowest BCUT2D eigenvalue weighted by atomic mass is 9.65. The lowest BCUT2D eigenvalue weighted by Crippen LogP contribution is -2.48. The molecule has 2 bridgehead atoms. The van der Waals surface area contributed by atoms with Gasteiger partial charge in [-0.05, 0) is 64.9 Å². The first-order valence-corrected chi connectivity index (χ1v) is 8.94. The summed E-state index contributed by atoms with van der Waals surface area (Å²) in [5.74, 6) is 1.13. The predicted molar refractivity (Wildman–Crippen MR) is 97.4 cm³/mol. The molecule has 124 valence electrons. The number of rotatable bonds is 3. The lowest BCUT2D eigenvalue weighted by Gasteiger charge is -2.52. The first-order chi connectivity index (χ1) is 10.9. The molecule has 1 aromatic carbocycles. The Kier molecular flexibility index (Phi) is 4.51. The van der Waals surface area contributed by atoms with Crippen LogP contribution in [-0.2, 0) is 4.74 Å². The van der Waals surface area contributed by atoms with Crippen molar-refractivity contribution in [1.29, 1.82) is 0 Å². The second-order valence-corrected chi connectivity index (χ2v) is 7.98. The van der Waals surface area contributed by atoms with E-state index in [-0.39, 0.29) is 11.7 Å². The Bertz CT molecular complexity index is 605. The summed E-state index contributed by atoms with van der Waals surface area (Å²) in [5, 5.41) is 0. The van der Waals surface area contributed by atoms with Crippen molar-refractivity contribution in [3.05, 3.63) is 59.2 Å². The summed E-state index contributed by atoms with van der Waals surface area (Å²) < 4.78 is 6.78. The second kappa shape index (κ2) is 6.28. The normalized spacial score (nSPS) is 33.4. The molecule has 1 saturated heterocycles. The third kappa shape index (κ3) is 3.30. The van der Waals surface area contributed by atoms with Crippen LogP contribution >= 0.6 is 0 Å². The van der Waals surface area contributed by atoms with Gasteiger partial charge in [-0.3, -0.25) is 0 Å². The zero-order valence-corrected chi connectivity index (χ0v) is 15.1. The molecule has 0 amide bonds. The molecule has 3 rings (SSSR count). The number of aryl methyl sites for hydroxylation is 1. The van der Waals surface area contributed by atoms with Crippen LogP contribution in [0.15, 0.2) is 48.1 Å². The standard InChI is InChI=1S/C22H30O/c1-15(2)12-13-22(5)19-11-8-17(4)20(14-19)21(23-22)18-9-6-16(3)7-10-18/h6-7,9-10,12,19-21H,4,8,11,13-14H2,1-3,5H3/t19-,20-,21-,22-/m1/s1. The van der Waals surface area contributed by atoms with Crippen molar-refractivity contribution in [2.24, 2.45) is 11.8 Å². The molecule has 4 atom stereocenters. The molecule has 0 unspecified atom stereocenters. The summed E-state index contributed by atoms with van der Waals surface area (Å²) in [7, 11) is 0. The van der Waals surface area contributed by atoms with Crippen LogP contribution < -0.4 is 0 Å². The Hall–Kier alpha value is -1.34. The Morgan fingerprint density at radius 2 is 2.00 bits per heavy atom. The van der Waals surface area contributed by atoms with Gasteiger partial charge < -0.3 is 4.74 Å². The maximum atomic E-state index is 6.78. The minimum atomic E-state index is -0.0516. The fraction of sp³-hybridized carbons (Fsp3) is 0.545. The molecule has 1 heteroatoms. The van der Waals surface area contributed by atoms with Crippen molar-refractivity contribution in [3.8, 4) is 0 Å². The average molecular weight is 310 g/mol. The lowest BCUT2D eigenvalue weighted by molar-refractivity contribution is -0.181. The van der Waals surface area contributed by atoms with E-state index in [2.05, 4.69) is 64.6 Å². The highest BCUT2D eigenvalue weighted by Gasteiger charge is 2.48. The molecule has 0 aromatic heterocycles. The molecule has 1 aromatic rings. The summed E-state index contributed by atoms with van der Waals surface area (Å²) in [6, 6.07) is 8.88. The van der Waals surface area contributed by atoms with E-state index in [4.69, 9.17) is 4.74 Å². The maximum absolute atomic E-state index is 6.78. The van der Waals surface area contributed by atoms with E-state index in [0.29, 0.717) is 11.8 Å². The summed E-state index contributed by atoms with van der Waals surface area (Å²) in [6.07, 6.45) is 7.13. The molecule has 1 nitrogen and oxygen atoms in total. The van der Waals surface area contributed by atoms with E-state index in [0.717, 1.165) is 12.8 Å². The van der Waals surface area contributed by atoms with Gasteiger partial charge in [-0.25, -0.2) is 0 Å². The van der Waals surface area contributed by atoms with Crippen LogP contribution in [0.1, 0.15) is 63.7 Å². The van der Waals surface area contributed by atoms with Gasteiger partial charge in [0.05, 0.1) is 11.7 Å². The quantitative estimate of drug-likeness (QED) is 0.608. The third-order valence-corrected chi connectivity index (χ3v) is 5.82. The van der Waals surface area contributed by atoms with Crippen molar-refractivity contribution in [1.82, 2.24) is 0 Å². The van der Waals surface area contributed by atoms with Crippen LogP contribution in [0, 0.1) is 18.8 Å². The van der Waals surface area contributed by atoms with Crippen LogP contribution in [0.5, 0.6) is 0 Å². The largest absolute Gasteiger partial charge is 0.366 e.